The van der Waals surface area contributed by atoms with E-state index < -0.39 is 0 Å². The second-order valence-corrected chi connectivity index (χ2v) is 10.6. The minimum absolute atomic E-state index is 0.167. The highest BCUT2D eigenvalue weighted by molar-refractivity contribution is 9.10. The molecule has 6 heteroatoms. The molecule has 4 rings (SSSR count). The Morgan fingerprint density at radius 3 is 2.12 bits per heavy atom. The van der Waals surface area contributed by atoms with Crippen molar-refractivity contribution in [2.24, 2.45) is 5.41 Å². The van der Waals surface area contributed by atoms with Gasteiger partial charge in [0.25, 0.3) is 0 Å². The Morgan fingerprint density at radius 1 is 0.906 bits per heavy atom. The molecular weight excluding hydrogens is 536 g/mol. The van der Waals surface area contributed by atoms with Crippen LogP contribution < -0.4 is 0 Å². The summed E-state index contributed by atoms with van der Waals surface area (Å²) in [5.74, 6) is -0.592. The van der Waals surface area contributed by atoms with E-state index in [0.29, 0.717) is 17.7 Å². The molecule has 0 radical (unpaired) electrons. The van der Waals surface area contributed by atoms with Gasteiger partial charge >= 0.3 is 11.9 Å². The highest BCUT2D eigenvalue weighted by atomic mass is 79.9. The van der Waals surface area contributed by atoms with Crippen molar-refractivity contribution in [2.45, 2.75) is 51.6 Å². The number of hydrogen-bond acceptors (Lipinski definition) is 4. The first-order chi connectivity index (χ1) is 15.4. The third-order valence-corrected chi connectivity index (χ3v) is 7.74. The van der Waals surface area contributed by atoms with Gasteiger partial charge in [0.05, 0.1) is 11.1 Å². The second kappa shape index (κ2) is 9.92. The molecule has 0 N–H and O–H groups in total. The number of fused-ring (bicyclic) bond motifs is 1. The summed E-state index contributed by atoms with van der Waals surface area (Å²) in [6.45, 7) is 2.50. The van der Waals surface area contributed by atoms with Crippen molar-refractivity contribution in [2.75, 3.05) is 6.61 Å². The Morgan fingerprint density at radius 2 is 1.50 bits per heavy atom. The SMILES string of the molecule is C[C@]12CCCC(COC(=O)c3ccc(Br)cc3)=C1CCCC2OC(=O)c1ccc(Br)cc1. The summed E-state index contributed by atoms with van der Waals surface area (Å²) >= 11 is 6.78. The predicted molar refractivity (Wildman–Crippen MR) is 131 cm³/mol. The summed E-state index contributed by atoms with van der Waals surface area (Å²) < 4.78 is 13.6. The summed E-state index contributed by atoms with van der Waals surface area (Å²) in [7, 11) is 0. The van der Waals surface area contributed by atoms with Gasteiger partial charge in [-0.25, -0.2) is 9.59 Å². The molecule has 168 valence electrons. The van der Waals surface area contributed by atoms with E-state index in [0.717, 1.165) is 47.5 Å². The Kier molecular flexibility index (Phi) is 7.21. The molecular formula is C26H26Br2O4. The minimum Gasteiger partial charge on any atom is -0.458 e. The van der Waals surface area contributed by atoms with E-state index in [1.54, 1.807) is 24.3 Å². The first-order valence-electron chi connectivity index (χ1n) is 11.0. The largest absolute Gasteiger partial charge is 0.458 e. The fourth-order valence-corrected chi connectivity index (χ4v) is 5.46. The van der Waals surface area contributed by atoms with Crippen molar-refractivity contribution in [1.82, 2.24) is 0 Å². The first kappa shape index (κ1) is 23.2. The van der Waals surface area contributed by atoms with Crippen molar-refractivity contribution < 1.29 is 19.1 Å². The van der Waals surface area contributed by atoms with Crippen molar-refractivity contribution >= 4 is 43.8 Å². The maximum atomic E-state index is 12.8. The molecule has 32 heavy (non-hydrogen) atoms. The van der Waals surface area contributed by atoms with Gasteiger partial charge in [-0.2, -0.15) is 0 Å². The van der Waals surface area contributed by atoms with Gasteiger partial charge in [0, 0.05) is 14.4 Å². The zero-order valence-corrected chi connectivity index (χ0v) is 21.2. The maximum absolute atomic E-state index is 12.8. The number of hydrogen-bond donors (Lipinski definition) is 0. The summed E-state index contributed by atoms with van der Waals surface area (Å²) in [5.41, 5.74) is 3.40. The van der Waals surface area contributed by atoms with Gasteiger partial charge in [-0.3, -0.25) is 0 Å². The third-order valence-electron chi connectivity index (χ3n) is 6.68. The molecule has 1 unspecified atom stereocenters. The Hall–Kier alpha value is -1.92. The Labute approximate surface area is 205 Å². The van der Waals surface area contributed by atoms with E-state index in [-0.39, 0.29) is 23.5 Å². The van der Waals surface area contributed by atoms with Crippen LogP contribution in [-0.4, -0.2) is 24.6 Å². The number of benzene rings is 2. The summed E-state index contributed by atoms with van der Waals surface area (Å²) in [4.78, 5) is 25.3. The van der Waals surface area contributed by atoms with Crippen LogP contribution >= 0.6 is 31.9 Å². The van der Waals surface area contributed by atoms with E-state index in [1.165, 1.54) is 11.1 Å². The van der Waals surface area contributed by atoms with Gasteiger partial charge in [-0.05, 0) is 92.6 Å². The average Bonchev–Trinajstić information content (AvgIpc) is 2.78. The lowest BCUT2D eigenvalue weighted by Crippen LogP contribution is -2.43. The van der Waals surface area contributed by atoms with Crippen LogP contribution in [0.5, 0.6) is 0 Å². The van der Waals surface area contributed by atoms with Crippen molar-refractivity contribution in [3.05, 3.63) is 79.7 Å². The van der Waals surface area contributed by atoms with Crippen LogP contribution in [0.15, 0.2) is 68.6 Å². The zero-order chi connectivity index (χ0) is 22.7. The molecule has 0 spiro atoms. The number of carbonyl (C=O) groups excluding carboxylic acids is 2. The summed E-state index contributed by atoms with van der Waals surface area (Å²) in [6, 6.07) is 14.4. The molecule has 0 saturated heterocycles. The Balaban J connectivity index is 1.48. The lowest BCUT2D eigenvalue weighted by molar-refractivity contribution is -0.0204. The lowest BCUT2D eigenvalue weighted by atomic mass is 9.62. The quantitative estimate of drug-likeness (QED) is 0.284. The van der Waals surface area contributed by atoms with E-state index in [1.807, 2.05) is 24.3 Å². The van der Waals surface area contributed by atoms with Gasteiger partial charge in [-0.15, -0.1) is 0 Å². The monoisotopic (exact) mass is 560 g/mol. The van der Waals surface area contributed by atoms with Gasteiger partial charge < -0.3 is 9.47 Å². The molecule has 2 aliphatic rings. The fourth-order valence-electron chi connectivity index (χ4n) is 4.93. The van der Waals surface area contributed by atoms with Gasteiger partial charge in [0.2, 0.25) is 0 Å². The normalized spacial score (nSPS) is 22.8. The van der Waals surface area contributed by atoms with Crippen molar-refractivity contribution in [3.8, 4) is 0 Å². The molecule has 2 atom stereocenters. The number of ether oxygens (including phenoxy) is 2. The van der Waals surface area contributed by atoms with E-state index in [4.69, 9.17) is 9.47 Å². The molecule has 0 amide bonds. The summed E-state index contributed by atoms with van der Waals surface area (Å²) in [6.07, 6.45) is 5.52. The Bertz CT molecular complexity index is 1030. The highest BCUT2D eigenvalue weighted by Gasteiger charge is 2.45. The van der Waals surface area contributed by atoms with E-state index >= 15 is 0 Å². The molecule has 4 nitrogen and oxygen atoms in total. The molecule has 0 heterocycles. The molecule has 0 aliphatic heterocycles. The minimum atomic E-state index is -0.313. The molecule has 0 bridgehead atoms. The number of halogens is 2. The first-order valence-corrected chi connectivity index (χ1v) is 12.6. The fraction of sp³-hybridized carbons (Fsp3) is 0.385. The van der Waals surface area contributed by atoms with E-state index in [9.17, 15) is 9.59 Å². The standard InChI is InChI=1S/C26H26Br2O4/c1-26-15-3-4-19(16-31-24(29)17-7-11-20(27)12-8-17)22(26)5-2-6-23(26)32-25(30)18-9-13-21(28)14-10-18/h7-14,23H,2-6,15-16H2,1H3/t23?,26-/m0/s1. The van der Waals surface area contributed by atoms with Gasteiger partial charge in [-0.1, -0.05) is 44.4 Å². The molecule has 1 saturated carbocycles. The van der Waals surface area contributed by atoms with Crippen molar-refractivity contribution in [3.63, 3.8) is 0 Å². The molecule has 2 aromatic rings. The van der Waals surface area contributed by atoms with Crippen LogP contribution in [0.3, 0.4) is 0 Å². The number of carbonyl (C=O) groups is 2. The van der Waals surface area contributed by atoms with Gasteiger partial charge in [0.1, 0.15) is 12.7 Å². The van der Waals surface area contributed by atoms with E-state index in [2.05, 4.69) is 38.8 Å². The van der Waals surface area contributed by atoms with Gasteiger partial charge in [0.15, 0.2) is 0 Å². The third kappa shape index (κ3) is 5.01. The lowest BCUT2D eigenvalue weighted by Gasteiger charge is -2.46. The second-order valence-electron chi connectivity index (χ2n) is 8.73. The number of rotatable bonds is 5. The van der Waals surface area contributed by atoms with Crippen molar-refractivity contribution in [1.29, 1.82) is 0 Å². The predicted octanol–water partition coefficient (Wildman–Crippen LogP) is 7.26. The zero-order valence-electron chi connectivity index (χ0n) is 18.0. The van der Waals surface area contributed by atoms with Crippen LogP contribution in [0.25, 0.3) is 0 Å². The average molecular weight is 562 g/mol. The molecule has 2 aliphatic carbocycles. The molecule has 0 aromatic heterocycles. The topological polar surface area (TPSA) is 52.6 Å². The number of esters is 2. The van der Waals surface area contributed by atoms with Crippen LogP contribution in [0.2, 0.25) is 0 Å². The van der Waals surface area contributed by atoms with Crippen LogP contribution in [0.1, 0.15) is 66.2 Å². The maximum Gasteiger partial charge on any atom is 0.338 e. The van der Waals surface area contributed by atoms with Crippen LogP contribution in [0.4, 0.5) is 0 Å². The smallest absolute Gasteiger partial charge is 0.338 e. The molecule has 2 aromatic carbocycles. The summed E-state index contributed by atoms with van der Waals surface area (Å²) in [5, 5.41) is 0. The molecule has 1 fully saturated rings. The van der Waals surface area contributed by atoms with Crippen LogP contribution in [-0.2, 0) is 9.47 Å². The van der Waals surface area contributed by atoms with Crippen LogP contribution in [0, 0.1) is 5.41 Å². The highest BCUT2D eigenvalue weighted by Crippen LogP contribution is 2.51.